The first-order valence-electron chi connectivity index (χ1n) is 9.52. The topological polar surface area (TPSA) is 105 Å². The molecule has 2 aromatic rings. The first-order valence-corrected chi connectivity index (χ1v) is 11.0. The highest BCUT2D eigenvalue weighted by Gasteiger charge is 2.32. The number of ether oxygens (including phenoxy) is 1. The Bertz CT molecular complexity index is 1090. The summed E-state index contributed by atoms with van der Waals surface area (Å²) < 4.78 is 68.8. The summed E-state index contributed by atoms with van der Waals surface area (Å²) in [6, 6.07) is 8.80. The van der Waals surface area contributed by atoms with Gasteiger partial charge in [0.1, 0.15) is 11.4 Å². The van der Waals surface area contributed by atoms with Crippen LogP contribution in [0.25, 0.3) is 0 Å². The van der Waals surface area contributed by atoms with Crippen LogP contribution < -0.4 is 10.1 Å². The van der Waals surface area contributed by atoms with Crippen molar-refractivity contribution < 1.29 is 31.2 Å². The highest BCUT2D eigenvalue weighted by atomic mass is 32.2. The van der Waals surface area contributed by atoms with E-state index in [-0.39, 0.29) is 35.8 Å². The Morgan fingerprint density at radius 3 is 2.41 bits per heavy atom. The molecule has 13 heteroatoms. The molecule has 0 radical (unpaired) electrons. The predicted molar refractivity (Wildman–Crippen MR) is 110 cm³/mol. The number of likely N-dealkylation sites (N-methyl/N-ethyl adjacent to an activating group) is 1. The summed E-state index contributed by atoms with van der Waals surface area (Å²) in [4.78, 5) is 12.6. The largest absolute Gasteiger partial charge is 0.573 e. The molecule has 3 rings (SSSR count). The number of nitrogens with zero attached hydrogens (tertiary/aromatic N) is 3. The van der Waals surface area contributed by atoms with E-state index in [9.17, 15) is 31.7 Å². The number of alkyl halides is 3. The van der Waals surface area contributed by atoms with Crippen molar-refractivity contribution in [3.05, 3.63) is 58.1 Å². The molecule has 0 unspecified atom stereocenters. The average molecular weight is 474 g/mol. The number of benzene rings is 2. The third-order valence-electron chi connectivity index (χ3n) is 4.93. The third-order valence-corrected chi connectivity index (χ3v) is 6.83. The minimum atomic E-state index is -4.89. The Hall–Kier alpha value is -2.90. The normalized spacial score (nSPS) is 16.0. The molecule has 2 aromatic carbocycles. The van der Waals surface area contributed by atoms with E-state index in [0.29, 0.717) is 13.1 Å². The number of para-hydroxylation sites is 1. The zero-order valence-electron chi connectivity index (χ0n) is 17.0. The number of hydrogen-bond acceptors (Lipinski definition) is 7. The Morgan fingerprint density at radius 1 is 1.12 bits per heavy atom. The lowest BCUT2D eigenvalue weighted by Gasteiger charge is -2.31. The van der Waals surface area contributed by atoms with Crippen LogP contribution in [0.3, 0.4) is 0 Å². The van der Waals surface area contributed by atoms with Gasteiger partial charge in [0.15, 0.2) is 0 Å². The van der Waals surface area contributed by atoms with E-state index in [4.69, 9.17) is 0 Å². The Labute approximate surface area is 182 Å². The number of nitro benzene ring substituents is 1. The molecule has 1 fully saturated rings. The lowest BCUT2D eigenvalue weighted by molar-refractivity contribution is -0.384. The van der Waals surface area contributed by atoms with Gasteiger partial charge in [0, 0.05) is 44.4 Å². The first-order chi connectivity index (χ1) is 15.0. The van der Waals surface area contributed by atoms with Gasteiger partial charge < -0.3 is 15.0 Å². The second-order valence-corrected chi connectivity index (χ2v) is 9.09. The van der Waals surface area contributed by atoms with E-state index in [1.54, 1.807) is 0 Å². The number of nitrogens with one attached hydrogen (secondary N) is 1. The van der Waals surface area contributed by atoms with Crippen LogP contribution in [0.2, 0.25) is 0 Å². The first kappa shape index (κ1) is 23.8. The van der Waals surface area contributed by atoms with Crippen LogP contribution in [0, 0.1) is 10.1 Å². The van der Waals surface area contributed by atoms with Crippen molar-refractivity contribution in [3.8, 4) is 5.75 Å². The Kier molecular flexibility index (Phi) is 6.91. The van der Waals surface area contributed by atoms with E-state index in [0.717, 1.165) is 12.1 Å². The summed E-state index contributed by atoms with van der Waals surface area (Å²) in [7, 11) is -2.05. The quantitative estimate of drug-likeness (QED) is 0.486. The van der Waals surface area contributed by atoms with Crippen molar-refractivity contribution in [3.63, 3.8) is 0 Å². The second kappa shape index (κ2) is 9.30. The highest BCUT2D eigenvalue weighted by molar-refractivity contribution is 7.89. The molecule has 1 N–H and O–H groups in total. The van der Waals surface area contributed by atoms with Crippen molar-refractivity contribution >= 4 is 21.4 Å². The SMILES string of the molecule is CN1CCN(S(=O)(=O)c2ccc(NCc3ccccc3OC(F)(F)F)c([N+](=O)[O-])c2)CC1. The summed E-state index contributed by atoms with van der Waals surface area (Å²) in [6.07, 6.45) is -4.89. The molecule has 0 amide bonds. The number of rotatable bonds is 7. The van der Waals surface area contributed by atoms with Crippen molar-refractivity contribution in [2.75, 3.05) is 38.5 Å². The molecule has 1 saturated heterocycles. The molecule has 0 bridgehead atoms. The Balaban J connectivity index is 1.83. The maximum atomic E-state index is 12.9. The fraction of sp³-hybridized carbons (Fsp3) is 0.368. The molecule has 0 aliphatic carbocycles. The predicted octanol–water partition coefficient (Wildman–Crippen LogP) is 3.04. The molecule has 9 nitrogen and oxygen atoms in total. The summed E-state index contributed by atoms with van der Waals surface area (Å²) in [5, 5.41) is 14.3. The monoisotopic (exact) mass is 474 g/mol. The molecule has 1 aliphatic heterocycles. The summed E-state index contributed by atoms with van der Waals surface area (Å²) in [5.74, 6) is -0.440. The molecular formula is C19H21F3N4O5S. The standard InChI is InChI=1S/C19H21F3N4O5S/c1-24-8-10-25(11-9-24)32(29,30)15-6-7-16(17(12-15)26(27)28)23-13-14-4-2-3-5-18(14)31-19(20,21)22/h2-7,12,23H,8-11,13H2,1H3. The van der Waals surface area contributed by atoms with E-state index >= 15 is 0 Å². The maximum Gasteiger partial charge on any atom is 0.573 e. The molecule has 0 aromatic heterocycles. The molecule has 1 heterocycles. The summed E-state index contributed by atoms with van der Waals surface area (Å²) in [5.41, 5.74) is -0.420. The average Bonchev–Trinajstić information content (AvgIpc) is 2.72. The van der Waals surface area contributed by atoms with Gasteiger partial charge >= 0.3 is 6.36 Å². The number of halogens is 3. The lowest BCUT2D eigenvalue weighted by atomic mass is 10.2. The van der Waals surface area contributed by atoms with Crippen LogP contribution in [-0.4, -0.2) is 62.1 Å². The maximum absolute atomic E-state index is 12.9. The zero-order valence-corrected chi connectivity index (χ0v) is 17.8. The molecule has 0 saturated carbocycles. The molecule has 1 aliphatic rings. The fourth-order valence-corrected chi connectivity index (χ4v) is 4.66. The molecule has 0 atom stereocenters. The van der Waals surface area contributed by atoms with Crippen LogP contribution >= 0.6 is 0 Å². The molecular weight excluding hydrogens is 453 g/mol. The third kappa shape index (κ3) is 5.66. The number of hydrogen-bond donors (Lipinski definition) is 1. The minimum Gasteiger partial charge on any atom is -0.405 e. The van der Waals surface area contributed by atoms with Crippen molar-refractivity contribution in [2.45, 2.75) is 17.8 Å². The van der Waals surface area contributed by atoms with Crippen LogP contribution in [-0.2, 0) is 16.6 Å². The van der Waals surface area contributed by atoms with Crippen LogP contribution in [0.5, 0.6) is 5.75 Å². The van der Waals surface area contributed by atoms with Gasteiger partial charge in [0.2, 0.25) is 10.0 Å². The van der Waals surface area contributed by atoms with Gasteiger partial charge in [-0.1, -0.05) is 18.2 Å². The smallest absolute Gasteiger partial charge is 0.405 e. The van der Waals surface area contributed by atoms with Crippen LogP contribution in [0.1, 0.15) is 5.56 Å². The van der Waals surface area contributed by atoms with Gasteiger partial charge in [-0.05, 0) is 25.2 Å². The van der Waals surface area contributed by atoms with Gasteiger partial charge in [-0.2, -0.15) is 4.31 Å². The summed E-state index contributed by atoms with van der Waals surface area (Å²) >= 11 is 0. The zero-order chi connectivity index (χ0) is 23.5. The van der Waals surface area contributed by atoms with Crippen molar-refractivity contribution in [1.82, 2.24) is 9.21 Å². The molecule has 0 spiro atoms. The molecule has 32 heavy (non-hydrogen) atoms. The van der Waals surface area contributed by atoms with E-state index in [2.05, 4.69) is 10.1 Å². The van der Waals surface area contributed by atoms with Gasteiger partial charge in [-0.25, -0.2) is 8.42 Å². The van der Waals surface area contributed by atoms with E-state index in [1.807, 2.05) is 11.9 Å². The summed E-state index contributed by atoms with van der Waals surface area (Å²) in [6.45, 7) is 1.41. The van der Waals surface area contributed by atoms with E-state index in [1.165, 1.54) is 34.6 Å². The van der Waals surface area contributed by atoms with Gasteiger partial charge in [-0.15, -0.1) is 13.2 Å². The van der Waals surface area contributed by atoms with Crippen LogP contribution in [0.4, 0.5) is 24.5 Å². The van der Waals surface area contributed by atoms with E-state index < -0.39 is 32.7 Å². The van der Waals surface area contributed by atoms with Gasteiger partial charge in [-0.3, -0.25) is 10.1 Å². The lowest BCUT2D eigenvalue weighted by Crippen LogP contribution is -2.47. The van der Waals surface area contributed by atoms with Crippen molar-refractivity contribution in [2.24, 2.45) is 0 Å². The second-order valence-electron chi connectivity index (χ2n) is 7.15. The number of nitro groups is 1. The molecule has 174 valence electrons. The number of anilines is 1. The van der Waals surface area contributed by atoms with Gasteiger partial charge in [0.25, 0.3) is 5.69 Å². The highest BCUT2D eigenvalue weighted by Crippen LogP contribution is 2.31. The minimum absolute atomic E-state index is 0.0332. The Morgan fingerprint density at radius 2 is 1.78 bits per heavy atom. The van der Waals surface area contributed by atoms with Crippen molar-refractivity contribution in [1.29, 1.82) is 0 Å². The van der Waals surface area contributed by atoms with Crippen LogP contribution in [0.15, 0.2) is 47.4 Å². The number of sulfonamides is 1. The number of piperazine rings is 1. The van der Waals surface area contributed by atoms with Gasteiger partial charge in [0.05, 0.1) is 9.82 Å². The fourth-order valence-electron chi connectivity index (χ4n) is 3.21.